The van der Waals surface area contributed by atoms with Crippen molar-refractivity contribution in [3.63, 3.8) is 0 Å². The van der Waals surface area contributed by atoms with Crippen LogP contribution in [-0.4, -0.2) is 17.5 Å². The molecule has 2 N–H and O–H groups in total. The lowest BCUT2D eigenvalue weighted by Crippen LogP contribution is -2.19. The highest BCUT2D eigenvalue weighted by Gasteiger charge is 2.11. The standard InChI is InChI=1S/C22H16Cl3N3O2/c1-13(27-28-22(30)19-10-9-17(24)12-20(19)25)15-3-2-4-18(11-15)26-21(29)14-5-7-16(23)8-6-14/h2-12H,1H3,(H,26,29)(H,28,30)/b27-13+. The Hall–Kier alpha value is -2.86. The topological polar surface area (TPSA) is 70.6 Å². The van der Waals surface area contributed by atoms with Gasteiger partial charge in [0.15, 0.2) is 0 Å². The molecule has 30 heavy (non-hydrogen) atoms. The minimum atomic E-state index is -0.455. The highest BCUT2D eigenvalue weighted by Crippen LogP contribution is 2.21. The normalized spacial score (nSPS) is 11.1. The van der Waals surface area contributed by atoms with E-state index >= 15 is 0 Å². The Morgan fingerprint density at radius 1 is 0.800 bits per heavy atom. The van der Waals surface area contributed by atoms with Gasteiger partial charge in [-0.05, 0) is 67.1 Å². The zero-order valence-corrected chi connectivity index (χ0v) is 18.0. The lowest BCUT2D eigenvalue weighted by atomic mass is 10.1. The fraction of sp³-hybridized carbons (Fsp3) is 0.0455. The van der Waals surface area contributed by atoms with Crippen LogP contribution < -0.4 is 10.7 Å². The van der Waals surface area contributed by atoms with E-state index in [-0.39, 0.29) is 16.5 Å². The van der Waals surface area contributed by atoms with Crippen LogP contribution in [-0.2, 0) is 0 Å². The largest absolute Gasteiger partial charge is 0.322 e. The Bertz CT molecular complexity index is 1130. The van der Waals surface area contributed by atoms with Crippen LogP contribution in [0.4, 0.5) is 5.69 Å². The summed E-state index contributed by atoms with van der Waals surface area (Å²) in [7, 11) is 0. The zero-order chi connectivity index (χ0) is 21.7. The fourth-order valence-electron chi connectivity index (χ4n) is 2.56. The molecule has 0 heterocycles. The molecule has 0 aliphatic heterocycles. The van der Waals surface area contributed by atoms with Crippen LogP contribution >= 0.6 is 34.8 Å². The van der Waals surface area contributed by atoms with Crippen LogP contribution in [0.15, 0.2) is 71.8 Å². The van der Waals surface area contributed by atoms with Crippen molar-refractivity contribution in [2.45, 2.75) is 6.92 Å². The second kappa shape index (κ2) is 9.76. The molecule has 0 aromatic heterocycles. The molecule has 0 spiro atoms. The maximum absolute atomic E-state index is 12.4. The smallest absolute Gasteiger partial charge is 0.272 e. The van der Waals surface area contributed by atoms with E-state index < -0.39 is 5.91 Å². The van der Waals surface area contributed by atoms with Crippen molar-refractivity contribution in [1.82, 2.24) is 5.43 Å². The number of halogens is 3. The molecule has 0 atom stereocenters. The van der Waals surface area contributed by atoms with Crippen LogP contribution in [0.5, 0.6) is 0 Å². The molecule has 3 rings (SSSR count). The number of carbonyl (C=O) groups is 2. The van der Waals surface area contributed by atoms with Crippen molar-refractivity contribution >= 4 is 58.0 Å². The third-order valence-electron chi connectivity index (χ3n) is 4.15. The summed E-state index contributed by atoms with van der Waals surface area (Å²) in [4.78, 5) is 24.7. The van der Waals surface area contributed by atoms with E-state index in [1.54, 1.807) is 55.5 Å². The summed E-state index contributed by atoms with van der Waals surface area (Å²) in [5.74, 6) is -0.715. The van der Waals surface area contributed by atoms with Gasteiger partial charge in [0.25, 0.3) is 11.8 Å². The second-order valence-electron chi connectivity index (χ2n) is 6.30. The van der Waals surface area contributed by atoms with Crippen molar-refractivity contribution in [2.75, 3.05) is 5.32 Å². The Morgan fingerprint density at radius 2 is 1.50 bits per heavy atom. The number of hydrogen-bond acceptors (Lipinski definition) is 3. The highest BCUT2D eigenvalue weighted by atomic mass is 35.5. The minimum Gasteiger partial charge on any atom is -0.322 e. The third kappa shape index (κ3) is 5.60. The van der Waals surface area contributed by atoms with E-state index in [1.807, 2.05) is 6.07 Å². The number of anilines is 1. The number of rotatable bonds is 5. The summed E-state index contributed by atoms with van der Waals surface area (Å²) in [6.45, 7) is 1.74. The Balaban J connectivity index is 1.70. The van der Waals surface area contributed by atoms with Gasteiger partial charge < -0.3 is 5.32 Å². The van der Waals surface area contributed by atoms with E-state index in [0.29, 0.717) is 27.0 Å². The summed E-state index contributed by atoms with van der Waals surface area (Å²) in [6, 6.07) is 18.3. The molecule has 3 aromatic carbocycles. The predicted molar refractivity (Wildman–Crippen MR) is 122 cm³/mol. The number of hydrazone groups is 1. The molecular weight excluding hydrogens is 445 g/mol. The summed E-state index contributed by atoms with van der Waals surface area (Å²) in [5, 5.41) is 8.17. The van der Waals surface area contributed by atoms with Crippen LogP contribution in [0.2, 0.25) is 15.1 Å². The second-order valence-corrected chi connectivity index (χ2v) is 7.58. The molecular formula is C22H16Cl3N3O2. The van der Waals surface area contributed by atoms with Crippen LogP contribution in [0.25, 0.3) is 0 Å². The molecule has 0 bridgehead atoms. The zero-order valence-electron chi connectivity index (χ0n) is 15.7. The average Bonchev–Trinajstić information content (AvgIpc) is 2.72. The molecule has 3 aromatic rings. The maximum Gasteiger partial charge on any atom is 0.272 e. The summed E-state index contributed by atoms with van der Waals surface area (Å²) < 4.78 is 0. The molecule has 0 unspecified atom stereocenters. The monoisotopic (exact) mass is 459 g/mol. The lowest BCUT2D eigenvalue weighted by Gasteiger charge is -2.08. The summed E-state index contributed by atoms with van der Waals surface area (Å²) in [6.07, 6.45) is 0. The van der Waals surface area contributed by atoms with Crippen molar-refractivity contribution in [3.8, 4) is 0 Å². The van der Waals surface area contributed by atoms with Gasteiger partial charge in [-0.25, -0.2) is 5.43 Å². The Labute approximate surface area is 188 Å². The van der Waals surface area contributed by atoms with Gasteiger partial charge in [0, 0.05) is 21.3 Å². The van der Waals surface area contributed by atoms with E-state index in [9.17, 15) is 9.59 Å². The molecule has 0 saturated heterocycles. The molecule has 0 fully saturated rings. The van der Waals surface area contributed by atoms with Crippen LogP contribution in [0, 0.1) is 0 Å². The van der Waals surface area contributed by atoms with Crippen LogP contribution in [0.3, 0.4) is 0 Å². The van der Waals surface area contributed by atoms with Gasteiger partial charge in [-0.15, -0.1) is 0 Å². The first-order valence-electron chi connectivity index (χ1n) is 8.80. The van der Waals surface area contributed by atoms with Crippen molar-refractivity contribution in [1.29, 1.82) is 0 Å². The van der Waals surface area contributed by atoms with E-state index in [1.165, 1.54) is 12.1 Å². The maximum atomic E-state index is 12.4. The number of carbonyl (C=O) groups excluding carboxylic acids is 2. The first kappa shape index (κ1) is 21.8. The predicted octanol–water partition coefficient (Wildman–Crippen LogP) is 6.05. The molecule has 0 radical (unpaired) electrons. The molecule has 0 aliphatic rings. The van der Waals surface area contributed by atoms with Crippen molar-refractivity contribution < 1.29 is 9.59 Å². The van der Waals surface area contributed by atoms with Crippen molar-refractivity contribution in [2.24, 2.45) is 5.10 Å². The fourth-order valence-corrected chi connectivity index (χ4v) is 3.18. The first-order valence-corrected chi connectivity index (χ1v) is 9.94. The average molecular weight is 461 g/mol. The quantitative estimate of drug-likeness (QED) is 0.359. The minimum absolute atomic E-state index is 0.236. The number of nitrogens with zero attached hydrogens (tertiary/aromatic N) is 1. The molecule has 8 heteroatoms. The van der Waals surface area contributed by atoms with Gasteiger partial charge in [0.2, 0.25) is 0 Å². The van der Waals surface area contributed by atoms with Gasteiger partial charge in [0.1, 0.15) is 0 Å². The van der Waals surface area contributed by atoms with Gasteiger partial charge >= 0.3 is 0 Å². The molecule has 0 aliphatic carbocycles. The van der Waals surface area contributed by atoms with Gasteiger partial charge in [-0.3, -0.25) is 9.59 Å². The number of amides is 2. The molecule has 0 saturated carbocycles. The van der Waals surface area contributed by atoms with Gasteiger partial charge in [-0.1, -0.05) is 46.9 Å². The number of hydrogen-bond donors (Lipinski definition) is 2. The summed E-state index contributed by atoms with van der Waals surface area (Å²) in [5.41, 5.74) is 5.10. The van der Waals surface area contributed by atoms with Crippen molar-refractivity contribution in [3.05, 3.63) is 98.5 Å². The third-order valence-corrected chi connectivity index (χ3v) is 4.95. The summed E-state index contributed by atoms with van der Waals surface area (Å²) >= 11 is 17.7. The van der Waals surface area contributed by atoms with E-state index in [2.05, 4.69) is 15.8 Å². The SMILES string of the molecule is C/C(=N\NC(=O)c1ccc(Cl)cc1Cl)c1cccc(NC(=O)c2ccc(Cl)cc2)c1. The molecule has 2 amide bonds. The molecule has 5 nitrogen and oxygen atoms in total. The Kier molecular flexibility index (Phi) is 7.11. The van der Waals surface area contributed by atoms with E-state index in [4.69, 9.17) is 34.8 Å². The van der Waals surface area contributed by atoms with Gasteiger partial charge in [0.05, 0.1) is 16.3 Å². The molecule has 152 valence electrons. The lowest BCUT2D eigenvalue weighted by molar-refractivity contribution is 0.0954. The van der Waals surface area contributed by atoms with Crippen LogP contribution in [0.1, 0.15) is 33.2 Å². The number of nitrogens with one attached hydrogen (secondary N) is 2. The number of benzene rings is 3. The van der Waals surface area contributed by atoms with E-state index in [0.717, 1.165) is 5.56 Å². The van der Waals surface area contributed by atoms with Gasteiger partial charge in [-0.2, -0.15) is 5.10 Å². The Morgan fingerprint density at radius 3 is 2.20 bits per heavy atom. The first-order chi connectivity index (χ1) is 14.3. The highest BCUT2D eigenvalue weighted by molar-refractivity contribution is 6.36.